The quantitative estimate of drug-likeness (QED) is 0.270. The van der Waals surface area contributed by atoms with E-state index in [2.05, 4.69) is 0 Å². The van der Waals surface area contributed by atoms with Gasteiger partial charge in [0.2, 0.25) is 11.7 Å². The topological polar surface area (TPSA) is 96.3 Å². The first-order chi connectivity index (χ1) is 14.7. The summed E-state index contributed by atoms with van der Waals surface area (Å²) < 4.78 is 48.3. The zero-order valence-corrected chi connectivity index (χ0v) is 21.1. The Morgan fingerprint density at radius 3 is 2.22 bits per heavy atom. The van der Waals surface area contributed by atoms with E-state index in [0.29, 0.717) is 5.30 Å². The molecule has 3 saturated heterocycles. The lowest BCUT2D eigenvalue weighted by atomic mass is 10.0. The van der Waals surface area contributed by atoms with Crippen molar-refractivity contribution in [2.75, 3.05) is 6.61 Å². The van der Waals surface area contributed by atoms with Crippen LogP contribution in [-0.2, 0) is 32.8 Å². The van der Waals surface area contributed by atoms with E-state index in [9.17, 15) is 4.57 Å². The predicted molar refractivity (Wildman–Crippen MR) is 120 cm³/mol. The van der Waals surface area contributed by atoms with Crippen LogP contribution < -0.4 is 5.30 Å². The van der Waals surface area contributed by atoms with Crippen molar-refractivity contribution in [3.8, 4) is 0 Å². The number of fused-ring (bicyclic) bond motifs is 1. The Balaban J connectivity index is 1.78. The summed E-state index contributed by atoms with van der Waals surface area (Å²) in [5.74, 6) is -3.85. The Morgan fingerprint density at radius 1 is 1.03 bits per heavy atom. The number of halogens is 3. The minimum absolute atomic E-state index is 0.217. The van der Waals surface area contributed by atoms with E-state index >= 15 is 0 Å². The van der Waals surface area contributed by atoms with E-state index in [4.69, 9.17) is 68.4 Å². The monoisotopic (exact) mass is 527 g/mol. The SMILES string of the molecule is CC1(C)O[C@H]2[C@@H]([C@H]3COC(C)(C)O3)OP(=O)(c3ccccc3)[C@@H](OC(=N)C(Cl)(Cl)Cl)[C@H]2O1. The van der Waals surface area contributed by atoms with E-state index in [1.165, 1.54) is 0 Å². The second-order valence-electron chi connectivity index (χ2n) is 8.77. The molecule has 0 aromatic heterocycles. The molecule has 12 heteroatoms. The maximum Gasteiger partial charge on any atom is 0.274 e. The van der Waals surface area contributed by atoms with Gasteiger partial charge in [0.25, 0.3) is 11.2 Å². The fourth-order valence-corrected chi connectivity index (χ4v) is 6.85. The van der Waals surface area contributed by atoms with Gasteiger partial charge in [0.1, 0.15) is 24.4 Å². The highest BCUT2D eigenvalue weighted by atomic mass is 35.6. The maximum absolute atomic E-state index is 14.5. The minimum Gasteiger partial charge on any atom is -0.461 e. The molecule has 6 atom stereocenters. The first-order valence-corrected chi connectivity index (χ1v) is 12.9. The summed E-state index contributed by atoms with van der Waals surface area (Å²) in [6, 6.07) is 8.55. The molecule has 3 fully saturated rings. The first kappa shape index (κ1) is 24.7. The third-order valence-corrected chi connectivity index (χ3v) is 8.55. The summed E-state index contributed by atoms with van der Waals surface area (Å²) in [6.45, 7) is 7.24. The summed E-state index contributed by atoms with van der Waals surface area (Å²) in [7, 11) is -3.86. The molecule has 1 aromatic rings. The molecule has 0 amide bonds. The molecule has 1 unspecified atom stereocenters. The van der Waals surface area contributed by atoms with Gasteiger partial charge in [-0.2, -0.15) is 0 Å². The van der Waals surface area contributed by atoms with E-state index in [-0.39, 0.29) is 6.61 Å². The van der Waals surface area contributed by atoms with Crippen molar-refractivity contribution in [1.29, 1.82) is 5.41 Å². The van der Waals surface area contributed by atoms with Crippen molar-refractivity contribution < 1.29 is 32.8 Å². The third-order valence-electron chi connectivity index (χ3n) is 5.39. The predicted octanol–water partition coefficient (Wildman–Crippen LogP) is 4.35. The molecule has 3 heterocycles. The Labute approximate surface area is 201 Å². The summed E-state index contributed by atoms with van der Waals surface area (Å²) in [4.78, 5) is 0. The van der Waals surface area contributed by atoms with E-state index < -0.39 is 58.9 Å². The standard InChI is InChI=1S/C20H25Cl3NO7P/c1-18(2)26-10-12(28-18)13-14-15(30-19(3,4)29-14)16(27-17(24)20(21,22)23)32(25,31-13)11-8-6-5-7-9-11/h5-9,12-16,24H,10H2,1-4H3/t12-,13-,14+,15+,16-,32?/m1/s1. The Hall–Kier alpha value is -0.410. The van der Waals surface area contributed by atoms with Crippen LogP contribution in [0.5, 0.6) is 0 Å². The van der Waals surface area contributed by atoms with Crippen LogP contribution in [0, 0.1) is 5.41 Å². The Kier molecular flexibility index (Phi) is 6.46. The van der Waals surface area contributed by atoms with Crippen molar-refractivity contribution in [2.45, 2.75) is 73.3 Å². The van der Waals surface area contributed by atoms with Crippen LogP contribution in [0.15, 0.2) is 30.3 Å². The van der Waals surface area contributed by atoms with Crippen LogP contribution in [0.3, 0.4) is 0 Å². The molecule has 0 bridgehead atoms. The minimum atomic E-state index is -3.86. The summed E-state index contributed by atoms with van der Waals surface area (Å²) >= 11 is 17.5. The van der Waals surface area contributed by atoms with E-state index in [1.807, 2.05) is 0 Å². The average molecular weight is 529 g/mol. The van der Waals surface area contributed by atoms with Crippen LogP contribution in [0.1, 0.15) is 27.7 Å². The molecule has 0 saturated carbocycles. The van der Waals surface area contributed by atoms with Gasteiger partial charge in [-0.05, 0) is 39.8 Å². The largest absolute Gasteiger partial charge is 0.461 e. The van der Waals surface area contributed by atoms with Crippen molar-refractivity contribution in [3.05, 3.63) is 30.3 Å². The average Bonchev–Trinajstić information content (AvgIpc) is 3.21. The number of hydrogen-bond donors (Lipinski definition) is 1. The Morgan fingerprint density at radius 2 is 1.66 bits per heavy atom. The van der Waals surface area contributed by atoms with Gasteiger partial charge < -0.3 is 28.2 Å². The molecule has 0 aliphatic carbocycles. The van der Waals surface area contributed by atoms with Crippen molar-refractivity contribution in [3.63, 3.8) is 0 Å². The van der Waals surface area contributed by atoms with Gasteiger partial charge in [-0.3, -0.25) is 9.97 Å². The number of hydrogen-bond acceptors (Lipinski definition) is 8. The van der Waals surface area contributed by atoms with Gasteiger partial charge in [0, 0.05) is 5.30 Å². The van der Waals surface area contributed by atoms with Gasteiger partial charge in [-0.1, -0.05) is 53.0 Å². The highest BCUT2D eigenvalue weighted by Crippen LogP contribution is 2.61. The zero-order chi connectivity index (χ0) is 23.5. The number of ether oxygens (including phenoxy) is 5. The van der Waals surface area contributed by atoms with Crippen molar-refractivity contribution >= 4 is 53.4 Å². The third kappa shape index (κ3) is 4.72. The molecule has 32 heavy (non-hydrogen) atoms. The molecule has 0 radical (unpaired) electrons. The molecule has 1 aromatic carbocycles. The second-order valence-corrected chi connectivity index (χ2v) is 13.5. The molecule has 0 spiro atoms. The van der Waals surface area contributed by atoms with Gasteiger partial charge in [-0.15, -0.1) is 0 Å². The number of rotatable bonds is 3. The number of nitrogens with one attached hydrogen (secondary N) is 1. The first-order valence-electron chi connectivity index (χ1n) is 10.1. The van der Waals surface area contributed by atoms with Gasteiger partial charge in [0.05, 0.1) is 6.61 Å². The number of alkyl halides is 3. The van der Waals surface area contributed by atoms with Gasteiger partial charge in [-0.25, -0.2) is 0 Å². The van der Waals surface area contributed by atoms with Gasteiger partial charge in [0.15, 0.2) is 11.6 Å². The summed E-state index contributed by atoms with van der Waals surface area (Å²) in [6.07, 6.45) is -2.99. The zero-order valence-electron chi connectivity index (χ0n) is 17.9. The molecule has 1 N–H and O–H groups in total. The lowest BCUT2D eigenvalue weighted by Crippen LogP contribution is -2.56. The fourth-order valence-electron chi connectivity index (χ4n) is 4.11. The summed E-state index contributed by atoms with van der Waals surface area (Å²) in [5, 5.41) is 8.47. The molecule has 4 rings (SSSR count). The summed E-state index contributed by atoms with van der Waals surface area (Å²) in [5.41, 5.74) is 0. The highest BCUT2D eigenvalue weighted by molar-refractivity contribution is 7.67. The van der Waals surface area contributed by atoms with Gasteiger partial charge >= 0.3 is 0 Å². The smallest absolute Gasteiger partial charge is 0.274 e. The molecule has 3 aliphatic rings. The van der Waals surface area contributed by atoms with Crippen LogP contribution in [0.2, 0.25) is 0 Å². The molecule has 3 aliphatic heterocycles. The normalized spacial score (nSPS) is 38.3. The van der Waals surface area contributed by atoms with Crippen molar-refractivity contribution in [2.24, 2.45) is 0 Å². The lowest BCUT2D eigenvalue weighted by Gasteiger charge is -2.43. The number of benzene rings is 1. The fraction of sp³-hybridized carbons (Fsp3) is 0.650. The van der Waals surface area contributed by atoms with Crippen LogP contribution in [-0.4, -0.2) is 58.1 Å². The lowest BCUT2D eigenvalue weighted by molar-refractivity contribution is -0.174. The Bertz CT molecular complexity index is 924. The maximum atomic E-state index is 14.5. The van der Waals surface area contributed by atoms with Crippen LogP contribution in [0.25, 0.3) is 0 Å². The highest BCUT2D eigenvalue weighted by Gasteiger charge is 2.64. The molecular formula is C20H25Cl3NO7P. The van der Waals surface area contributed by atoms with Crippen LogP contribution >= 0.6 is 42.2 Å². The van der Waals surface area contributed by atoms with Crippen molar-refractivity contribution in [1.82, 2.24) is 0 Å². The molecule has 8 nitrogen and oxygen atoms in total. The molecular weight excluding hydrogens is 504 g/mol. The van der Waals surface area contributed by atoms with E-state index in [1.54, 1.807) is 58.0 Å². The van der Waals surface area contributed by atoms with Crippen LogP contribution in [0.4, 0.5) is 0 Å². The van der Waals surface area contributed by atoms with E-state index in [0.717, 1.165) is 0 Å². The molecule has 178 valence electrons. The second kappa shape index (κ2) is 8.36.